The molecule has 0 aliphatic rings. The Balaban J connectivity index is 0.000000442. The molecule has 84 valence electrons. The van der Waals surface area contributed by atoms with Crippen LogP contribution in [-0.4, -0.2) is 4.98 Å². The zero-order valence-corrected chi connectivity index (χ0v) is 10.9. The SMILES string of the molecule is CC.CC.Cc1ccc2[nH]c(=O)sc2c1. The van der Waals surface area contributed by atoms with Crippen molar-refractivity contribution in [1.82, 2.24) is 4.98 Å². The van der Waals surface area contributed by atoms with E-state index in [2.05, 4.69) is 4.98 Å². The maximum atomic E-state index is 10.9. The minimum Gasteiger partial charge on any atom is -0.312 e. The van der Waals surface area contributed by atoms with Gasteiger partial charge in [0.05, 0.1) is 10.2 Å². The summed E-state index contributed by atoms with van der Waals surface area (Å²) in [6.07, 6.45) is 0. The van der Waals surface area contributed by atoms with Crippen molar-refractivity contribution in [3.63, 3.8) is 0 Å². The number of rotatable bonds is 0. The number of aromatic amines is 1. The monoisotopic (exact) mass is 225 g/mol. The van der Waals surface area contributed by atoms with E-state index in [0.717, 1.165) is 10.2 Å². The second-order valence-corrected chi connectivity index (χ2v) is 3.53. The summed E-state index contributed by atoms with van der Waals surface area (Å²) in [7, 11) is 0. The van der Waals surface area contributed by atoms with Crippen molar-refractivity contribution in [2.75, 3.05) is 0 Å². The number of aryl methyl sites for hydroxylation is 1. The Morgan fingerprint density at radius 2 is 1.73 bits per heavy atom. The quantitative estimate of drug-likeness (QED) is 0.723. The van der Waals surface area contributed by atoms with E-state index in [9.17, 15) is 4.79 Å². The third-order valence-corrected chi connectivity index (χ3v) is 2.42. The van der Waals surface area contributed by atoms with Crippen LogP contribution in [0.15, 0.2) is 23.0 Å². The summed E-state index contributed by atoms with van der Waals surface area (Å²) in [5.41, 5.74) is 2.12. The third-order valence-electron chi connectivity index (χ3n) is 1.58. The Hall–Kier alpha value is -1.09. The van der Waals surface area contributed by atoms with E-state index in [1.807, 2.05) is 52.8 Å². The highest BCUT2D eigenvalue weighted by molar-refractivity contribution is 7.16. The minimum absolute atomic E-state index is 0.0191. The molecule has 3 heteroatoms. The fourth-order valence-electron chi connectivity index (χ4n) is 1.05. The van der Waals surface area contributed by atoms with E-state index in [0.29, 0.717) is 0 Å². The molecule has 1 aromatic carbocycles. The second-order valence-electron chi connectivity index (χ2n) is 2.51. The van der Waals surface area contributed by atoms with E-state index in [1.54, 1.807) is 0 Å². The maximum Gasteiger partial charge on any atom is 0.305 e. The van der Waals surface area contributed by atoms with Crippen molar-refractivity contribution in [1.29, 1.82) is 0 Å². The molecule has 1 N–H and O–H groups in total. The van der Waals surface area contributed by atoms with Gasteiger partial charge in [-0.2, -0.15) is 0 Å². The summed E-state index contributed by atoms with van der Waals surface area (Å²) in [5, 5.41) is 0. The molecule has 2 aromatic rings. The highest BCUT2D eigenvalue weighted by atomic mass is 32.1. The Bertz CT molecular complexity index is 442. The van der Waals surface area contributed by atoms with Gasteiger partial charge < -0.3 is 4.98 Å². The summed E-state index contributed by atoms with van der Waals surface area (Å²) in [4.78, 5) is 13.6. The summed E-state index contributed by atoms with van der Waals surface area (Å²) in [6.45, 7) is 10.0. The molecule has 1 aromatic heterocycles. The molecule has 0 saturated heterocycles. The molecule has 15 heavy (non-hydrogen) atoms. The van der Waals surface area contributed by atoms with Crippen LogP contribution in [0.2, 0.25) is 0 Å². The molecule has 0 bridgehead atoms. The van der Waals surface area contributed by atoms with Gasteiger partial charge in [0.1, 0.15) is 0 Å². The number of hydrogen-bond donors (Lipinski definition) is 1. The summed E-state index contributed by atoms with van der Waals surface area (Å²) < 4.78 is 1.04. The third kappa shape index (κ3) is 3.88. The lowest BCUT2D eigenvalue weighted by Gasteiger charge is -1.89. The number of aromatic nitrogens is 1. The minimum atomic E-state index is 0.0191. The average molecular weight is 225 g/mol. The van der Waals surface area contributed by atoms with Crippen LogP contribution >= 0.6 is 11.3 Å². The lowest BCUT2D eigenvalue weighted by atomic mass is 10.2. The lowest BCUT2D eigenvalue weighted by Crippen LogP contribution is -1.89. The first kappa shape index (κ1) is 13.9. The fourth-order valence-corrected chi connectivity index (χ4v) is 1.89. The first-order valence-corrected chi connectivity index (χ1v) is 6.17. The predicted molar refractivity (Wildman–Crippen MR) is 69.9 cm³/mol. The molecular weight excluding hydrogens is 206 g/mol. The largest absolute Gasteiger partial charge is 0.312 e. The molecule has 0 amide bonds. The van der Waals surface area contributed by atoms with Gasteiger partial charge in [0.25, 0.3) is 0 Å². The molecule has 2 rings (SSSR count). The zero-order valence-electron chi connectivity index (χ0n) is 10.0. The molecule has 0 aliphatic carbocycles. The highest BCUT2D eigenvalue weighted by Gasteiger charge is 1.96. The first-order valence-electron chi connectivity index (χ1n) is 5.35. The maximum absolute atomic E-state index is 10.9. The van der Waals surface area contributed by atoms with Gasteiger partial charge in [-0.3, -0.25) is 4.79 Å². The molecule has 0 saturated carbocycles. The fraction of sp³-hybridized carbons (Fsp3) is 0.417. The number of thiazole rings is 1. The van der Waals surface area contributed by atoms with Gasteiger partial charge in [-0.25, -0.2) is 0 Å². The van der Waals surface area contributed by atoms with Crippen molar-refractivity contribution in [2.45, 2.75) is 34.6 Å². The number of fused-ring (bicyclic) bond motifs is 1. The number of nitrogens with one attached hydrogen (secondary N) is 1. The summed E-state index contributed by atoms with van der Waals surface area (Å²) in [6, 6.07) is 5.94. The van der Waals surface area contributed by atoms with E-state index in [-0.39, 0.29) is 4.87 Å². The van der Waals surface area contributed by atoms with Crippen LogP contribution in [0.3, 0.4) is 0 Å². The van der Waals surface area contributed by atoms with Gasteiger partial charge in [-0.05, 0) is 24.6 Å². The van der Waals surface area contributed by atoms with Crippen LogP contribution in [0.5, 0.6) is 0 Å². The number of benzene rings is 1. The number of hydrogen-bond acceptors (Lipinski definition) is 2. The van der Waals surface area contributed by atoms with Crippen molar-refractivity contribution in [3.05, 3.63) is 33.4 Å². The number of H-pyrrole nitrogens is 1. The van der Waals surface area contributed by atoms with Crippen molar-refractivity contribution < 1.29 is 0 Å². The van der Waals surface area contributed by atoms with Crippen LogP contribution in [0.4, 0.5) is 0 Å². The first-order chi connectivity index (χ1) is 7.25. The van der Waals surface area contributed by atoms with Gasteiger partial charge >= 0.3 is 4.87 Å². The molecule has 0 atom stereocenters. The molecule has 0 radical (unpaired) electrons. The summed E-state index contributed by atoms with van der Waals surface area (Å²) >= 11 is 1.26. The normalized spacial score (nSPS) is 8.60. The van der Waals surface area contributed by atoms with E-state index in [1.165, 1.54) is 16.9 Å². The van der Waals surface area contributed by atoms with Gasteiger partial charge in [-0.15, -0.1) is 0 Å². The zero-order chi connectivity index (χ0) is 11.8. The molecule has 0 fully saturated rings. The van der Waals surface area contributed by atoms with Gasteiger partial charge in [0.15, 0.2) is 0 Å². The van der Waals surface area contributed by atoms with Crippen molar-refractivity contribution in [2.24, 2.45) is 0 Å². The second kappa shape index (κ2) is 7.23. The van der Waals surface area contributed by atoms with Crippen LogP contribution in [0.25, 0.3) is 10.2 Å². The van der Waals surface area contributed by atoms with Gasteiger partial charge in [-0.1, -0.05) is 45.1 Å². The van der Waals surface area contributed by atoms with Crippen LogP contribution in [0.1, 0.15) is 33.3 Å². The molecular formula is C12H19NOS. The van der Waals surface area contributed by atoms with Crippen LogP contribution < -0.4 is 4.87 Å². The molecule has 0 unspecified atom stereocenters. The lowest BCUT2D eigenvalue weighted by molar-refractivity contribution is 1.40. The standard InChI is InChI=1S/C8H7NOS.2C2H6/c1-5-2-3-6-7(4-5)11-8(10)9-6;2*1-2/h2-4H,1H3,(H,9,10);2*1-2H3. The van der Waals surface area contributed by atoms with E-state index in [4.69, 9.17) is 0 Å². The van der Waals surface area contributed by atoms with Gasteiger partial charge in [0.2, 0.25) is 0 Å². The molecule has 1 heterocycles. The Morgan fingerprint density at radius 3 is 2.33 bits per heavy atom. The van der Waals surface area contributed by atoms with Gasteiger partial charge in [0, 0.05) is 0 Å². The topological polar surface area (TPSA) is 32.9 Å². The smallest absolute Gasteiger partial charge is 0.305 e. The predicted octanol–water partition coefficient (Wildman–Crippen LogP) is 3.95. The Morgan fingerprint density at radius 1 is 1.13 bits per heavy atom. The summed E-state index contributed by atoms with van der Waals surface area (Å²) in [5.74, 6) is 0. The van der Waals surface area contributed by atoms with E-state index >= 15 is 0 Å². The molecule has 2 nitrogen and oxygen atoms in total. The Kier molecular flexibility index (Phi) is 6.71. The highest BCUT2D eigenvalue weighted by Crippen LogP contribution is 2.14. The van der Waals surface area contributed by atoms with E-state index < -0.39 is 0 Å². The van der Waals surface area contributed by atoms with Crippen molar-refractivity contribution in [3.8, 4) is 0 Å². The van der Waals surface area contributed by atoms with Crippen molar-refractivity contribution >= 4 is 21.6 Å². The van der Waals surface area contributed by atoms with Crippen LogP contribution in [0, 0.1) is 6.92 Å². The molecule has 0 spiro atoms. The molecule has 0 aliphatic heterocycles. The Labute approximate surface area is 95.0 Å². The average Bonchev–Trinajstić information content (AvgIpc) is 2.63. The van der Waals surface area contributed by atoms with Crippen LogP contribution in [-0.2, 0) is 0 Å².